The third-order valence-corrected chi connectivity index (χ3v) is 8.84. The van der Waals surface area contributed by atoms with E-state index in [9.17, 15) is 0 Å². The monoisotopic (exact) mass is 477 g/mol. The quantitative estimate of drug-likeness (QED) is 0.592. The first kappa shape index (κ1) is 24.6. The number of nitrogens with zero attached hydrogens (tertiary/aromatic N) is 2. The van der Waals surface area contributed by atoms with Crippen LogP contribution in [-0.2, 0) is 6.54 Å². The zero-order chi connectivity index (χ0) is 24.4. The van der Waals surface area contributed by atoms with Gasteiger partial charge in [0, 0.05) is 49.9 Å². The van der Waals surface area contributed by atoms with E-state index in [4.69, 9.17) is 9.47 Å². The topological polar surface area (TPSA) is 37.0 Å². The van der Waals surface area contributed by atoms with Gasteiger partial charge in [-0.05, 0) is 67.3 Å². The molecule has 1 saturated carbocycles. The Balaban J connectivity index is 1.38. The summed E-state index contributed by atoms with van der Waals surface area (Å²) in [5, 5.41) is 3.56. The molecule has 2 aromatic rings. The van der Waals surface area contributed by atoms with Gasteiger partial charge in [0.15, 0.2) is 0 Å². The standard InChI is InChI=1S/C30H43N3O2/c1-22(2)26-7-5-6-8-27(26)28-21-32(20-23-9-10-25(34-3)17-29(23)35-4)15-16-33(28)24-18-30(19-24)11-13-31-14-12-30/h5-10,17,22,24,28,31H,11-16,18-21H2,1-4H3/t28-/m1/s1. The van der Waals surface area contributed by atoms with Crippen LogP contribution in [0.4, 0.5) is 0 Å². The van der Waals surface area contributed by atoms with Crippen molar-refractivity contribution in [3.8, 4) is 11.5 Å². The summed E-state index contributed by atoms with van der Waals surface area (Å²) < 4.78 is 11.1. The molecular weight excluding hydrogens is 434 g/mol. The minimum absolute atomic E-state index is 0.440. The summed E-state index contributed by atoms with van der Waals surface area (Å²) in [5.74, 6) is 2.29. The largest absolute Gasteiger partial charge is 0.497 e. The number of piperazine rings is 1. The van der Waals surface area contributed by atoms with E-state index in [-0.39, 0.29) is 0 Å². The zero-order valence-corrected chi connectivity index (χ0v) is 22.1. The van der Waals surface area contributed by atoms with E-state index in [1.54, 1.807) is 14.2 Å². The van der Waals surface area contributed by atoms with Crippen LogP contribution in [0.5, 0.6) is 11.5 Å². The summed E-state index contributed by atoms with van der Waals surface area (Å²) in [7, 11) is 3.46. The zero-order valence-electron chi connectivity index (χ0n) is 22.1. The van der Waals surface area contributed by atoms with Gasteiger partial charge in [0.25, 0.3) is 0 Å². The number of nitrogens with one attached hydrogen (secondary N) is 1. The Morgan fingerprint density at radius 3 is 2.49 bits per heavy atom. The number of hydrogen-bond acceptors (Lipinski definition) is 5. The molecule has 3 aliphatic rings. The van der Waals surface area contributed by atoms with Crippen molar-refractivity contribution >= 4 is 0 Å². The normalized spacial score (nSPS) is 23.4. The van der Waals surface area contributed by atoms with Crippen LogP contribution in [-0.4, -0.2) is 62.8 Å². The smallest absolute Gasteiger partial charge is 0.127 e. The van der Waals surface area contributed by atoms with Crippen molar-refractivity contribution in [2.75, 3.05) is 46.9 Å². The number of rotatable bonds is 7. The molecule has 5 rings (SSSR count). The molecule has 2 saturated heterocycles. The first-order chi connectivity index (χ1) is 17.0. The van der Waals surface area contributed by atoms with Crippen LogP contribution in [0.2, 0.25) is 0 Å². The summed E-state index contributed by atoms with van der Waals surface area (Å²) in [4.78, 5) is 5.50. The minimum atomic E-state index is 0.440. The third kappa shape index (κ3) is 5.09. The molecule has 0 unspecified atom stereocenters. The van der Waals surface area contributed by atoms with Crippen LogP contribution < -0.4 is 14.8 Å². The molecule has 0 radical (unpaired) electrons. The molecule has 1 spiro atoms. The summed E-state index contributed by atoms with van der Waals surface area (Å²) in [6, 6.07) is 16.6. The van der Waals surface area contributed by atoms with Crippen LogP contribution in [0, 0.1) is 5.41 Å². The number of methoxy groups -OCH3 is 2. The molecule has 5 nitrogen and oxygen atoms in total. The van der Waals surface area contributed by atoms with Gasteiger partial charge in [0.2, 0.25) is 0 Å². The van der Waals surface area contributed by atoms with E-state index < -0.39 is 0 Å². The first-order valence-corrected chi connectivity index (χ1v) is 13.5. The fourth-order valence-corrected chi connectivity index (χ4v) is 6.81. The maximum absolute atomic E-state index is 5.72. The van der Waals surface area contributed by atoms with Gasteiger partial charge in [0.05, 0.1) is 14.2 Å². The lowest BCUT2D eigenvalue weighted by Crippen LogP contribution is -2.59. The Labute approximate surface area is 211 Å². The highest BCUT2D eigenvalue weighted by atomic mass is 16.5. The summed E-state index contributed by atoms with van der Waals surface area (Å²) in [5.41, 5.74) is 4.86. The van der Waals surface area contributed by atoms with Crippen molar-refractivity contribution in [2.45, 2.75) is 64.1 Å². The molecule has 2 aliphatic heterocycles. The fourth-order valence-electron chi connectivity index (χ4n) is 6.81. The van der Waals surface area contributed by atoms with E-state index in [0.29, 0.717) is 17.4 Å². The van der Waals surface area contributed by atoms with Crippen molar-refractivity contribution in [1.82, 2.24) is 15.1 Å². The first-order valence-electron chi connectivity index (χ1n) is 13.5. The van der Waals surface area contributed by atoms with Crippen LogP contribution in [0.25, 0.3) is 0 Å². The van der Waals surface area contributed by atoms with Crippen molar-refractivity contribution in [3.05, 3.63) is 59.2 Å². The van der Waals surface area contributed by atoms with E-state index in [1.807, 2.05) is 12.1 Å². The summed E-state index contributed by atoms with van der Waals surface area (Å²) >= 11 is 0. The molecular formula is C30H43N3O2. The molecule has 190 valence electrons. The predicted molar refractivity (Wildman–Crippen MR) is 142 cm³/mol. The fraction of sp³-hybridized carbons (Fsp3) is 0.600. The van der Waals surface area contributed by atoms with Gasteiger partial charge in [-0.1, -0.05) is 44.2 Å². The highest BCUT2D eigenvalue weighted by Gasteiger charge is 2.49. The van der Waals surface area contributed by atoms with Crippen molar-refractivity contribution in [1.29, 1.82) is 0 Å². The Hall–Kier alpha value is -2.08. The van der Waals surface area contributed by atoms with Gasteiger partial charge < -0.3 is 14.8 Å². The number of benzene rings is 2. The van der Waals surface area contributed by atoms with Gasteiger partial charge in [-0.2, -0.15) is 0 Å². The van der Waals surface area contributed by atoms with E-state index in [0.717, 1.165) is 43.7 Å². The molecule has 1 N–H and O–H groups in total. The van der Waals surface area contributed by atoms with Gasteiger partial charge in [-0.3, -0.25) is 9.80 Å². The Kier molecular flexibility index (Phi) is 7.38. The van der Waals surface area contributed by atoms with Gasteiger partial charge in [0.1, 0.15) is 11.5 Å². The van der Waals surface area contributed by atoms with Crippen LogP contribution in [0.15, 0.2) is 42.5 Å². The van der Waals surface area contributed by atoms with E-state index >= 15 is 0 Å². The second kappa shape index (κ2) is 10.5. The minimum Gasteiger partial charge on any atom is -0.497 e. The average Bonchev–Trinajstić information content (AvgIpc) is 2.88. The van der Waals surface area contributed by atoms with Crippen LogP contribution >= 0.6 is 0 Å². The second-order valence-corrected chi connectivity index (χ2v) is 11.3. The molecule has 5 heteroatoms. The lowest BCUT2D eigenvalue weighted by atomic mass is 9.60. The highest BCUT2D eigenvalue weighted by Crippen LogP contribution is 2.52. The predicted octanol–water partition coefficient (Wildman–Crippen LogP) is 5.22. The molecule has 3 fully saturated rings. The van der Waals surface area contributed by atoms with Crippen molar-refractivity contribution in [2.24, 2.45) is 5.41 Å². The van der Waals surface area contributed by atoms with E-state index in [2.05, 4.69) is 59.3 Å². The molecule has 0 amide bonds. The highest BCUT2D eigenvalue weighted by molar-refractivity contribution is 5.41. The third-order valence-electron chi connectivity index (χ3n) is 8.84. The Morgan fingerprint density at radius 1 is 1.00 bits per heavy atom. The number of hydrogen-bond donors (Lipinski definition) is 1. The molecule has 1 atom stereocenters. The lowest BCUT2D eigenvalue weighted by Gasteiger charge is -2.57. The average molecular weight is 478 g/mol. The lowest BCUT2D eigenvalue weighted by molar-refractivity contribution is -0.0651. The summed E-state index contributed by atoms with van der Waals surface area (Å²) in [6.45, 7) is 11.3. The molecule has 2 heterocycles. The number of ether oxygens (including phenoxy) is 2. The molecule has 35 heavy (non-hydrogen) atoms. The van der Waals surface area contributed by atoms with Crippen molar-refractivity contribution in [3.63, 3.8) is 0 Å². The molecule has 1 aliphatic carbocycles. The van der Waals surface area contributed by atoms with Crippen molar-refractivity contribution < 1.29 is 9.47 Å². The Bertz CT molecular complexity index is 993. The van der Waals surface area contributed by atoms with Crippen LogP contribution in [0.3, 0.4) is 0 Å². The molecule has 0 bridgehead atoms. The van der Waals surface area contributed by atoms with Crippen LogP contribution in [0.1, 0.15) is 68.2 Å². The second-order valence-electron chi connectivity index (χ2n) is 11.3. The van der Waals surface area contributed by atoms with E-state index in [1.165, 1.54) is 55.5 Å². The maximum Gasteiger partial charge on any atom is 0.127 e. The van der Waals surface area contributed by atoms with Gasteiger partial charge >= 0.3 is 0 Å². The maximum atomic E-state index is 5.72. The van der Waals surface area contributed by atoms with Gasteiger partial charge in [-0.15, -0.1) is 0 Å². The van der Waals surface area contributed by atoms with Gasteiger partial charge in [-0.25, -0.2) is 0 Å². The number of piperidine rings is 1. The molecule has 2 aromatic carbocycles. The molecule has 0 aromatic heterocycles. The summed E-state index contributed by atoms with van der Waals surface area (Å²) in [6.07, 6.45) is 5.46. The Morgan fingerprint density at radius 2 is 1.77 bits per heavy atom. The SMILES string of the molecule is COc1ccc(CN2CCN(C3CC4(CCNCC4)C3)[C@@H](c3ccccc3C(C)C)C2)c(OC)c1.